The molecule has 0 fully saturated rings. The van der Waals surface area contributed by atoms with E-state index in [2.05, 4.69) is 0 Å². The van der Waals surface area contributed by atoms with Crippen LogP contribution in [0.25, 0.3) is 0 Å². The van der Waals surface area contributed by atoms with Crippen LogP contribution in [0.4, 0.5) is 0 Å². The molecule has 0 aliphatic carbocycles. The summed E-state index contributed by atoms with van der Waals surface area (Å²) in [6.45, 7) is 5.85. The molecule has 4 heteroatoms. The second kappa shape index (κ2) is 5.81. The summed E-state index contributed by atoms with van der Waals surface area (Å²) >= 11 is 6.40. The molecule has 19 heavy (non-hydrogen) atoms. The zero-order valence-corrected chi connectivity index (χ0v) is 13.1. The predicted octanol–water partition coefficient (Wildman–Crippen LogP) is 5.12. The molecule has 0 spiro atoms. The Bertz CT molecular complexity index is 520. The van der Waals surface area contributed by atoms with Crippen LogP contribution in [0.15, 0.2) is 48.5 Å². The quantitative estimate of drug-likeness (QED) is 0.729. The van der Waals surface area contributed by atoms with E-state index in [1.165, 1.54) is 0 Å². The topological polar surface area (TPSA) is 18.5 Å². The van der Waals surface area contributed by atoms with Gasteiger partial charge in [0, 0.05) is 0 Å². The van der Waals surface area contributed by atoms with Gasteiger partial charge in [-0.15, -0.1) is 0 Å². The fourth-order valence-electron chi connectivity index (χ4n) is 1.80. The number of benzene rings is 2. The van der Waals surface area contributed by atoms with E-state index in [0.717, 1.165) is 22.6 Å². The van der Waals surface area contributed by atoms with Gasteiger partial charge in [0.15, 0.2) is 0 Å². The molecule has 2 nitrogen and oxygen atoms in total. The van der Waals surface area contributed by atoms with Gasteiger partial charge in [-0.3, -0.25) is 0 Å². The third kappa shape index (κ3) is 4.41. The molecule has 0 bridgehead atoms. The van der Waals surface area contributed by atoms with Crippen molar-refractivity contribution in [2.24, 2.45) is 0 Å². The molecule has 2 aromatic carbocycles. The maximum absolute atomic E-state index is 6.40. The summed E-state index contributed by atoms with van der Waals surface area (Å²) in [5.74, 6) is 1.49. The Balaban J connectivity index is 2.10. The number of hydrogen-bond acceptors (Lipinski definition) is 2. The molecule has 102 valence electrons. The summed E-state index contributed by atoms with van der Waals surface area (Å²) in [6.07, 6.45) is 0. The van der Waals surface area contributed by atoms with Crippen molar-refractivity contribution >= 4 is 18.3 Å². The van der Waals surface area contributed by atoms with Crippen molar-refractivity contribution in [3.8, 4) is 11.5 Å². The Hall–Kier alpha value is -1.24. The molecular formula is C15H18ClO2P. The van der Waals surface area contributed by atoms with Gasteiger partial charge >= 0.3 is 119 Å². The molecule has 0 aromatic heterocycles. The van der Waals surface area contributed by atoms with Crippen LogP contribution in [-0.2, 0) is 0 Å². The molecule has 0 saturated carbocycles. The number of hydrogen-bond donors (Lipinski definition) is 0. The predicted molar refractivity (Wildman–Crippen MR) is 83.7 cm³/mol. The Morgan fingerprint density at radius 1 is 0.842 bits per heavy atom. The molecule has 0 heterocycles. The SMILES string of the molecule is Cc1cccc(O[PH](C)(Cl)Oc2cccc(C)c2)c1. The summed E-state index contributed by atoms with van der Waals surface area (Å²) in [7, 11) is -2.76. The fraction of sp³-hybridized carbons (Fsp3) is 0.200. The Morgan fingerprint density at radius 3 is 1.63 bits per heavy atom. The normalized spacial score (nSPS) is 12.0. The van der Waals surface area contributed by atoms with Crippen molar-refractivity contribution in [3.05, 3.63) is 59.7 Å². The van der Waals surface area contributed by atoms with Gasteiger partial charge in [-0.05, 0) is 0 Å². The van der Waals surface area contributed by atoms with Crippen LogP contribution in [0.1, 0.15) is 11.1 Å². The maximum atomic E-state index is 6.40. The van der Waals surface area contributed by atoms with Crippen LogP contribution in [0.2, 0.25) is 0 Å². The van der Waals surface area contributed by atoms with E-state index in [9.17, 15) is 0 Å². The number of aryl methyl sites for hydroxylation is 2. The van der Waals surface area contributed by atoms with Crippen molar-refractivity contribution in [1.82, 2.24) is 0 Å². The molecule has 2 aromatic rings. The summed E-state index contributed by atoms with van der Waals surface area (Å²) in [5, 5.41) is 0. The molecule has 0 aliphatic heterocycles. The van der Waals surface area contributed by atoms with Gasteiger partial charge in [0.25, 0.3) is 0 Å². The zero-order valence-electron chi connectivity index (χ0n) is 11.3. The minimum absolute atomic E-state index is 0.747. The third-order valence-electron chi connectivity index (χ3n) is 2.58. The van der Waals surface area contributed by atoms with Gasteiger partial charge in [0.05, 0.1) is 0 Å². The van der Waals surface area contributed by atoms with Crippen LogP contribution in [0, 0.1) is 13.8 Å². The van der Waals surface area contributed by atoms with Crippen molar-refractivity contribution in [3.63, 3.8) is 0 Å². The average Bonchev–Trinajstić information content (AvgIpc) is 2.27. The molecule has 0 radical (unpaired) electrons. The van der Waals surface area contributed by atoms with Gasteiger partial charge in [0.1, 0.15) is 0 Å². The average molecular weight is 297 g/mol. The molecule has 2 rings (SSSR count). The molecule has 0 saturated heterocycles. The second-order valence-electron chi connectivity index (χ2n) is 4.67. The van der Waals surface area contributed by atoms with Gasteiger partial charge in [-0.2, -0.15) is 0 Å². The summed E-state index contributed by atoms with van der Waals surface area (Å²) < 4.78 is 11.6. The molecule has 0 atom stereocenters. The molecule has 0 N–H and O–H groups in total. The van der Waals surface area contributed by atoms with E-state index in [4.69, 9.17) is 20.3 Å². The van der Waals surface area contributed by atoms with E-state index in [1.807, 2.05) is 69.0 Å². The first kappa shape index (κ1) is 14.2. The Kier molecular flexibility index (Phi) is 4.34. The second-order valence-corrected chi connectivity index (χ2v) is 8.81. The van der Waals surface area contributed by atoms with Gasteiger partial charge in [0.2, 0.25) is 0 Å². The van der Waals surface area contributed by atoms with E-state index < -0.39 is 7.07 Å². The van der Waals surface area contributed by atoms with Gasteiger partial charge in [-0.1, -0.05) is 0 Å². The van der Waals surface area contributed by atoms with Gasteiger partial charge in [-0.25, -0.2) is 0 Å². The third-order valence-corrected chi connectivity index (χ3v) is 4.24. The first-order valence-electron chi connectivity index (χ1n) is 6.15. The Labute approximate surface area is 119 Å². The van der Waals surface area contributed by atoms with E-state index >= 15 is 0 Å². The van der Waals surface area contributed by atoms with Crippen LogP contribution in [0.5, 0.6) is 11.5 Å². The molecule has 0 unspecified atom stereocenters. The number of rotatable bonds is 4. The summed E-state index contributed by atoms with van der Waals surface area (Å²) in [5.41, 5.74) is 2.27. The van der Waals surface area contributed by atoms with Crippen LogP contribution < -0.4 is 9.05 Å². The summed E-state index contributed by atoms with van der Waals surface area (Å²) in [4.78, 5) is 0. The number of halogens is 1. The van der Waals surface area contributed by atoms with Crippen LogP contribution >= 0.6 is 18.3 Å². The van der Waals surface area contributed by atoms with Crippen molar-refractivity contribution in [2.75, 3.05) is 6.66 Å². The Morgan fingerprint density at radius 2 is 1.26 bits per heavy atom. The van der Waals surface area contributed by atoms with Crippen molar-refractivity contribution in [2.45, 2.75) is 13.8 Å². The van der Waals surface area contributed by atoms with Crippen LogP contribution in [-0.4, -0.2) is 6.66 Å². The van der Waals surface area contributed by atoms with E-state index in [0.29, 0.717) is 0 Å². The van der Waals surface area contributed by atoms with Crippen molar-refractivity contribution < 1.29 is 9.05 Å². The monoisotopic (exact) mass is 296 g/mol. The zero-order chi connectivity index (χ0) is 13.9. The molecular weight excluding hydrogens is 279 g/mol. The van der Waals surface area contributed by atoms with Crippen LogP contribution in [0.3, 0.4) is 0 Å². The first-order chi connectivity index (χ1) is 8.94. The van der Waals surface area contributed by atoms with E-state index in [1.54, 1.807) is 0 Å². The van der Waals surface area contributed by atoms with E-state index in [-0.39, 0.29) is 0 Å². The summed E-state index contributed by atoms with van der Waals surface area (Å²) in [6, 6.07) is 15.6. The molecule has 0 aliphatic rings. The fourth-order valence-corrected chi connectivity index (χ4v) is 3.47. The minimum atomic E-state index is -2.76. The van der Waals surface area contributed by atoms with Gasteiger partial charge < -0.3 is 0 Å². The van der Waals surface area contributed by atoms with Crippen molar-refractivity contribution in [1.29, 1.82) is 0 Å². The molecule has 0 amide bonds. The first-order valence-corrected chi connectivity index (χ1v) is 9.48. The standard InChI is InChI=1S/C15H18ClO2P/c1-12-6-4-8-14(10-12)17-19(3,16)18-15-9-5-7-13(2)11-15/h4-11,19H,1-3H3.